The summed E-state index contributed by atoms with van der Waals surface area (Å²) < 4.78 is 5.73. The van der Waals surface area contributed by atoms with Crippen LogP contribution in [0.25, 0.3) is 6.08 Å². The molecule has 0 aliphatic rings. The lowest BCUT2D eigenvalue weighted by molar-refractivity contribution is -0.117. The molecule has 0 atom stereocenters. The van der Waals surface area contributed by atoms with E-state index in [1.54, 1.807) is 47.7 Å². The molecular formula is C23H17N3O2S. The minimum Gasteiger partial charge on any atom is -0.489 e. The first-order valence-electron chi connectivity index (χ1n) is 8.83. The van der Waals surface area contributed by atoms with Gasteiger partial charge in [-0.25, -0.2) is 0 Å². The molecule has 0 saturated carbocycles. The summed E-state index contributed by atoms with van der Waals surface area (Å²) in [6.45, 7) is 0.681. The topological polar surface area (TPSA) is 85.9 Å². The van der Waals surface area contributed by atoms with E-state index in [4.69, 9.17) is 10.00 Å². The third-order valence-electron chi connectivity index (χ3n) is 4.09. The summed E-state index contributed by atoms with van der Waals surface area (Å²) in [6.07, 6.45) is 1.54. The van der Waals surface area contributed by atoms with E-state index in [9.17, 15) is 10.1 Å². The molecule has 0 bridgehead atoms. The molecule has 3 rings (SSSR count). The number of carbonyl (C=O) groups is 1. The monoisotopic (exact) mass is 399 g/mol. The van der Waals surface area contributed by atoms with Crippen molar-refractivity contribution in [2.75, 3.05) is 0 Å². The number of nitriles is 2. The van der Waals surface area contributed by atoms with Gasteiger partial charge in [0.1, 0.15) is 24.0 Å². The lowest BCUT2D eigenvalue weighted by atomic mass is 10.1. The smallest absolute Gasteiger partial charge is 0.262 e. The Labute approximate surface area is 173 Å². The Morgan fingerprint density at radius 2 is 1.86 bits per heavy atom. The van der Waals surface area contributed by atoms with Crippen molar-refractivity contribution in [1.82, 2.24) is 5.32 Å². The number of benzene rings is 2. The van der Waals surface area contributed by atoms with Gasteiger partial charge in [0.05, 0.1) is 18.2 Å². The number of thiophene rings is 1. The van der Waals surface area contributed by atoms with Gasteiger partial charge in [-0.1, -0.05) is 36.4 Å². The van der Waals surface area contributed by atoms with Crippen molar-refractivity contribution in [1.29, 1.82) is 10.5 Å². The number of rotatable bonds is 7. The molecule has 1 N–H and O–H groups in total. The molecule has 0 saturated heterocycles. The summed E-state index contributed by atoms with van der Waals surface area (Å²) in [7, 11) is 0. The number of carbonyl (C=O) groups excluding carboxylic acids is 1. The second-order valence-electron chi connectivity index (χ2n) is 6.06. The molecule has 0 radical (unpaired) electrons. The predicted octanol–water partition coefficient (Wildman–Crippen LogP) is 4.42. The van der Waals surface area contributed by atoms with E-state index in [0.29, 0.717) is 17.9 Å². The van der Waals surface area contributed by atoms with Crippen LogP contribution in [0.1, 0.15) is 21.6 Å². The molecule has 3 aromatic rings. The maximum atomic E-state index is 12.2. The molecule has 6 heteroatoms. The molecule has 142 valence electrons. The number of hydrogen-bond donors (Lipinski definition) is 1. The van der Waals surface area contributed by atoms with Gasteiger partial charge < -0.3 is 10.1 Å². The Balaban J connectivity index is 1.61. The van der Waals surface area contributed by atoms with Crippen molar-refractivity contribution >= 4 is 23.3 Å². The highest BCUT2D eigenvalue weighted by molar-refractivity contribution is 7.09. The van der Waals surface area contributed by atoms with Crippen LogP contribution in [0.3, 0.4) is 0 Å². The van der Waals surface area contributed by atoms with Crippen LogP contribution in [0.4, 0.5) is 0 Å². The fourth-order valence-electron chi connectivity index (χ4n) is 2.57. The number of nitrogens with zero attached hydrogens (tertiary/aromatic N) is 2. The quantitative estimate of drug-likeness (QED) is 0.471. The molecule has 2 aromatic carbocycles. The Bertz CT molecular complexity index is 1090. The zero-order valence-electron chi connectivity index (χ0n) is 15.5. The standard InChI is InChI=1S/C23H17N3O2S/c24-13-18-4-1-2-5-19(18)16-28-21-9-7-17(8-10-21)12-20(14-25)23(27)26-15-22-6-3-11-29-22/h1-12H,15-16H2,(H,26,27). The molecule has 5 nitrogen and oxygen atoms in total. The number of nitrogens with one attached hydrogen (secondary N) is 1. The Morgan fingerprint density at radius 1 is 1.07 bits per heavy atom. The van der Waals surface area contributed by atoms with Crippen molar-refractivity contribution in [3.05, 3.63) is 93.2 Å². The van der Waals surface area contributed by atoms with E-state index in [1.807, 2.05) is 41.8 Å². The highest BCUT2D eigenvalue weighted by Crippen LogP contribution is 2.17. The normalized spacial score (nSPS) is 10.6. The maximum absolute atomic E-state index is 12.2. The van der Waals surface area contributed by atoms with Crippen molar-refractivity contribution in [2.24, 2.45) is 0 Å². The Hall–Kier alpha value is -3.87. The van der Waals surface area contributed by atoms with E-state index in [-0.39, 0.29) is 12.2 Å². The van der Waals surface area contributed by atoms with Gasteiger partial charge in [-0.15, -0.1) is 11.3 Å². The first-order valence-corrected chi connectivity index (χ1v) is 9.71. The summed E-state index contributed by atoms with van der Waals surface area (Å²) in [6, 6.07) is 22.3. The lowest BCUT2D eigenvalue weighted by Gasteiger charge is -2.08. The summed E-state index contributed by atoms with van der Waals surface area (Å²) >= 11 is 1.55. The van der Waals surface area contributed by atoms with E-state index >= 15 is 0 Å². The van der Waals surface area contributed by atoms with Gasteiger partial charge in [-0.05, 0) is 41.3 Å². The van der Waals surface area contributed by atoms with Crippen LogP contribution in [0, 0.1) is 22.7 Å². The summed E-state index contributed by atoms with van der Waals surface area (Å²) in [5.74, 6) is 0.227. The average Bonchev–Trinajstić information content (AvgIpc) is 3.29. The minimum absolute atomic E-state index is 0.0400. The first kappa shape index (κ1) is 19.9. The molecule has 29 heavy (non-hydrogen) atoms. The molecule has 0 aliphatic heterocycles. The highest BCUT2D eigenvalue weighted by atomic mass is 32.1. The van der Waals surface area contributed by atoms with Crippen molar-refractivity contribution < 1.29 is 9.53 Å². The van der Waals surface area contributed by atoms with Crippen LogP contribution >= 0.6 is 11.3 Å². The van der Waals surface area contributed by atoms with E-state index < -0.39 is 5.91 Å². The Kier molecular flexibility index (Phi) is 6.78. The molecule has 0 unspecified atom stereocenters. The molecular weight excluding hydrogens is 382 g/mol. The summed E-state index contributed by atoms with van der Waals surface area (Å²) in [4.78, 5) is 13.2. The SMILES string of the molecule is N#CC(=Cc1ccc(OCc2ccccc2C#N)cc1)C(=O)NCc1cccs1. The van der Waals surface area contributed by atoms with Gasteiger partial charge in [0.15, 0.2) is 0 Å². The van der Waals surface area contributed by atoms with Crippen LogP contribution in [0.15, 0.2) is 71.6 Å². The fourth-order valence-corrected chi connectivity index (χ4v) is 3.21. The zero-order chi connectivity index (χ0) is 20.5. The van der Waals surface area contributed by atoms with Crippen molar-refractivity contribution in [2.45, 2.75) is 13.2 Å². The molecule has 1 aromatic heterocycles. The third-order valence-corrected chi connectivity index (χ3v) is 4.97. The first-order chi connectivity index (χ1) is 14.2. The third kappa shape index (κ3) is 5.55. The molecule has 1 amide bonds. The van der Waals surface area contributed by atoms with E-state index in [0.717, 1.165) is 16.0 Å². The minimum atomic E-state index is -0.408. The second-order valence-corrected chi connectivity index (χ2v) is 7.09. The predicted molar refractivity (Wildman–Crippen MR) is 112 cm³/mol. The maximum Gasteiger partial charge on any atom is 0.262 e. The van der Waals surface area contributed by atoms with Gasteiger partial charge in [0, 0.05) is 10.4 Å². The van der Waals surface area contributed by atoms with Gasteiger partial charge in [-0.3, -0.25) is 4.79 Å². The van der Waals surface area contributed by atoms with Crippen molar-refractivity contribution in [3.63, 3.8) is 0 Å². The fraction of sp³-hybridized carbons (Fsp3) is 0.0870. The summed E-state index contributed by atoms with van der Waals surface area (Å²) in [5, 5.41) is 23.1. The van der Waals surface area contributed by atoms with Crippen LogP contribution in [-0.2, 0) is 17.9 Å². The van der Waals surface area contributed by atoms with Crippen LogP contribution < -0.4 is 10.1 Å². The number of amides is 1. The van der Waals surface area contributed by atoms with Gasteiger partial charge >= 0.3 is 0 Å². The lowest BCUT2D eigenvalue weighted by Crippen LogP contribution is -2.23. The number of ether oxygens (including phenoxy) is 1. The van der Waals surface area contributed by atoms with E-state index in [2.05, 4.69) is 11.4 Å². The zero-order valence-corrected chi connectivity index (χ0v) is 16.3. The van der Waals surface area contributed by atoms with Gasteiger partial charge in [0.25, 0.3) is 5.91 Å². The van der Waals surface area contributed by atoms with E-state index in [1.165, 1.54) is 0 Å². The van der Waals surface area contributed by atoms with Crippen molar-refractivity contribution in [3.8, 4) is 17.9 Å². The molecule has 0 fully saturated rings. The summed E-state index contributed by atoms with van der Waals surface area (Å²) in [5.41, 5.74) is 2.16. The second kappa shape index (κ2) is 9.89. The molecule has 0 aliphatic carbocycles. The van der Waals surface area contributed by atoms with Crippen LogP contribution in [0.2, 0.25) is 0 Å². The van der Waals surface area contributed by atoms with Gasteiger partial charge in [0.2, 0.25) is 0 Å². The molecule has 0 spiro atoms. The van der Waals surface area contributed by atoms with Crippen LogP contribution in [-0.4, -0.2) is 5.91 Å². The Morgan fingerprint density at radius 3 is 2.55 bits per heavy atom. The largest absolute Gasteiger partial charge is 0.489 e. The van der Waals surface area contributed by atoms with Gasteiger partial charge in [-0.2, -0.15) is 10.5 Å². The number of hydrogen-bond acceptors (Lipinski definition) is 5. The molecule has 1 heterocycles. The highest BCUT2D eigenvalue weighted by Gasteiger charge is 2.09. The van der Waals surface area contributed by atoms with Crippen LogP contribution in [0.5, 0.6) is 5.75 Å². The average molecular weight is 399 g/mol.